The van der Waals surface area contributed by atoms with Crippen molar-refractivity contribution in [3.8, 4) is 0 Å². The Morgan fingerprint density at radius 3 is 2.07 bits per heavy atom. The van der Waals surface area contributed by atoms with Crippen molar-refractivity contribution in [2.45, 2.75) is 58.2 Å². The van der Waals surface area contributed by atoms with Crippen LogP contribution >= 0.6 is 7.60 Å². The van der Waals surface area contributed by atoms with Crippen molar-refractivity contribution in [2.24, 2.45) is 0 Å². The van der Waals surface area contributed by atoms with E-state index in [-0.39, 0.29) is 45.6 Å². The van der Waals surface area contributed by atoms with Crippen molar-refractivity contribution in [2.75, 3.05) is 32.5 Å². The van der Waals surface area contributed by atoms with Crippen LogP contribution in [0.5, 0.6) is 0 Å². The zero-order valence-corrected chi connectivity index (χ0v) is 24.6. The van der Waals surface area contributed by atoms with E-state index >= 15 is 0 Å². The van der Waals surface area contributed by atoms with E-state index in [1.54, 1.807) is 13.8 Å². The molecule has 41 heavy (non-hydrogen) atoms. The topological polar surface area (TPSA) is 152 Å². The van der Waals surface area contributed by atoms with Gasteiger partial charge in [0.05, 0.1) is 25.9 Å². The average Bonchev–Trinajstić information content (AvgIpc) is 2.96. The second-order valence-corrected chi connectivity index (χ2v) is 11.3. The maximum absolute atomic E-state index is 13.1. The SMILES string of the molecule is CCOP(=O)(CC(=O)NCCCCC(NC(=O)OCc1ccccc1)C(=O)N[C@H](CO)Cc1ccccc1)OCC. The molecule has 4 N–H and O–H groups in total. The van der Waals surface area contributed by atoms with Gasteiger partial charge in [0.2, 0.25) is 11.8 Å². The number of ether oxygens (including phenoxy) is 1. The van der Waals surface area contributed by atoms with Gasteiger partial charge in [0, 0.05) is 6.54 Å². The zero-order valence-electron chi connectivity index (χ0n) is 23.8. The van der Waals surface area contributed by atoms with Gasteiger partial charge in [0.15, 0.2) is 0 Å². The lowest BCUT2D eigenvalue weighted by Gasteiger charge is -2.22. The smallest absolute Gasteiger partial charge is 0.408 e. The summed E-state index contributed by atoms with van der Waals surface area (Å²) in [4.78, 5) is 37.9. The maximum Gasteiger partial charge on any atom is 0.408 e. The Kier molecular flexibility index (Phi) is 15.7. The van der Waals surface area contributed by atoms with Crippen LogP contribution in [0, 0.1) is 0 Å². The molecule has 0 heterocycles. The van der Waals surface area contributed by atoms with Gasteiger partial charge in [-0.2, -0.15) is 0 Å². The van der Waals surface area contributed by atoms with Crippen LogP contribution in [0.3, 0.4) is 0 Å². The first-order valence-electron chi connectivity index (χ1n) is 13.9. The molecule has 1 unspecified atom stereocenters. The lowest BCUT2D eigenvalue weighted by atomic mass is 10.0. The summed E-state index contributed by atoms with van der Waals surface area (Å²) in [6.07, 6.45) is 0.549. The Hall–Kier alpha value is -3.24. The van der Waals surface area contributed by atoms with Crippen LogP contribution in [-0.2, 0) is 41.0 Å². The molecular weight excluding hydrogens is 549 g/mol. The fourth-order valence-electron chi connectivity index (χ4n) is 3.99. The Bertz CT molecular complexity index is 1090. The molecule has 11 nitrogen and oxygen atoms in total. The van der Waals surface area contributed by atoms with Crippen molar-refractivity contribution in [3.05, 3.63) is 71.8 Å². The molecule has 0 aliphatic heterocycles. The molecule has 2 atom stereocenters. The lowest BCUT2D eigenvalue weighted by molar-refractivity contribution is -0.124. The summed E-state index contributed by atoms with van der Waals surface area (Å²) in [5, 5.41) is 18.0. The summed E-state index contributed by atoms with van der Waals surface area (Å²) in [5.74, 6) is -0.908. The van der Waals surface area contributed by atoms with Gasteiger partial charge in [-0.15, -0.1) is 0 Å². The minimum atomic E-state index is -3.49. The Balaban J connectivity index is 1.91. The molecule has 2 aromatic rings. The van der Waals surface area contributed by atoms with Crippen LogP contribution in [0.25, 0.3) is 0 Å². The molecule has 0 bridgehead atoms. The third-order valence-electron chi connectivity index (χ3n) is 5.94. The molecule has 2 rings (SSSR count). The van der Waals surface area contributed by atoms with Crippen LogP contribution in [0.2, 0.25) is 0 Å². The van der Waals surface area contributed by atoms with Crippen LogP contribution in [0.1, 0.15) is 44.2 Å². The molecule has 226 valence electrons. The van der Waals surface area contributed by atoms with Gasteiger partial charge < -0.3 is 34.8 Å². The third kappa shape index (κ3) is 13.8. The molecule has 0 saturated heterocycles. The first-order chi connectivity index (χ1) is 19.8. The number of aliphatic hydroxyl groups is 1. The van der Waals surface area contributed by atoms with E-state index in [9.17, 15) is 24.1 Å². The highest BCUT2D eigenvalue weighted by Gasteiger charge is 2.27. The van der Waals surface area contributed by atoms with Gasteiger partial charge in [-0.3, -0.25) is 14.2 Å². The summed E-state index contributed by atoms with van der Waals surface area (Å²) in [5.41, 5.74) is 1.76. The van der Waals surface area contributed by atoms with Crippen LogP contribution in [0.4, 0.5) is 4.79 Å². The fraction of sp³-hybridized carbons (Fsp3) is 0.483. The van der Waals surface area contributed by atoms with Crippen molar-refractivity contribution in [1.82, 2.24) is 16.0 Å². The van der Waals surface area contributed by atoms with E-state index in [1.165, 1.54) is 0 Å². The Labute approximate surface area is 241 Å². The normalized spacial score (nSPS) is 12.7. The van der Waals surface area contributed by atoms with Gasteiger partial charge in [0.25, 0.3) is 0 Å². The molecular formula is C29H42N3O8P. The number of carbonyl (C=O) groups is 3. The summed E-state index contributed by atoms with van der Waals surface area (Å²) in [6, 6.07) is 17.2. The van der Waals surface area contributed by atoms with E-state index in [2.05, 4.69) is 16.0 Å². The van der Waals surface area contributed by atoms with E-state index in [1.807, 2.05) is 60.7 Å². The van der Waals surface area contributed by atoms with E-state index in [0.29, 0.717) is 19.3 Å². The molecule has 0 aliphatic carbocycles. The van der Waals surface area contributed by atoms with Crippen LogP contribution < -0.4 is 16.0 Å². The average molecular weight is 592 g/mol. The largest absolute Gasteiger partial charge is 0.445 e. The van der Waals surface area contributed by atoms with Crippen LogP contribution in [0.15, 0.2) is 60.7 Å². The number of aliphatic hydroxyl groups excluding tert-OH is 1. The summed E-state index contributed by atoms with van der Waals surface area (Å²) < 4.78 is 28.1. The number of benzene rings is 2. The molecule has 0 spiro atoms. The molecule has 0 fully saturated rings. The highest BCUT2D eigenvalue weighted by atomic mass is 31.2. The number of hydrogen-bond donors (Lipinski definition) is 4. The molecule has 0 aliphatic rings. The number of alkyl carbamates (subject to hydrolysis) is 1. The minimum absolute atomic E-state index is 0.0493. The second kappa shape index (κ2) is 19.0. The maximum atomic E-state index is 13.1. The number of amides is 3. The van der Waals surface area contributed by atoms with E-state index in [0.717, 1.165) is 11.1 Å². The summed E-state index contributed by atoms with van der Waals surface area (Å²) in [7, 11) is -3.49. The van der Waals surface area contributed by atoms with Crippen molar-refractivity contribution in [1.29, 1.82) is 0 Å². The Morgan fingerprint density at radius 1 is 0.878 bits per heavy atom. The minimum Gasteiger partial charge on any atom is -0.445 e. The fourth-order valence-corrected chi connectivity index (χ4v) is 5.50. The number of unbranched alkanes of at least 4 members (excludes halogenated alkanes) is 1. The molecule has 0 aromatic heterocycles. The highest BCUT2D eigenvalue weighted by molar-refractivity contribution is 7.54. The van der Waals surface area contributed by atoms with Crippen molar-refractivity contribution in [3.63, 3.8) is 0 Å². The standard InChI is InChI=1S/C29H42N3O8P/c1-3-39-41(37,40-4-2)22-27(34)30-18-12-11-17-26(32-29(36)38-21-24-15-9-6-10-16-24)28(35)31-25(20-33)19-23-13-7-5-8-14-23/h5-10,13-16,25-26,33H,3-4,11-12,17-22H2,1-2H3,(H,30,34)(H,31,35)(H,32,36)/t25-,26?/m0/s1. The molecule has 0 radical (unpaired) electrons. The predicted octanol–water partition coefficient (Wildman–Crippen LogP) is 3.55. The summed E-state index contributed by atoms with van der Waals surface area (Å²) in [6.45, 7) is 3.72. The summed E-state index contributed by atoms with van der Waals surface area (Å²) >= 11 is 0. The van der Waals surface area contributed by atoms with E-state index < -0.39 is 37.6 Å². The molecule has 0 saturated carbocycles. The van der Waals surface area contributed by atoms with Crippen molar-refractivity contribution >= 4 is 25.5 Å². The first-order valence-corrected chi connectivity index (χ1v) is 15.6. The van der Waals surface area contributed by atoms with E-state index in [4.69, 9.17) is 13.8 Å². The van der Waals surface area contributed by atoms with Gasteiger partial charge in [0.1, 0.15) is 18.8 Å². The third-order valence-corrected chi connectivity index (χ3v) is 7.92. The van der Waals surface area contributed by atoms with Gasteiger partial charge in [-0.25, -0.2) is 4.79 Å². The predicted molar refractivity (Wildman–Crippen MR) is 155 cm³/mol. The Morgan fingerprint density at radius 2 is 1.49 bits per heavy atom. The molecule has 12 heteroatoms. The monoisotopic (exact) mass is 591 g/mol. The van der Waals surface area contributed by atoms with Crippen LogP contribution in [-0.4, -0.2) is 67.6 Å². The number of nitrogens with one attached hydrogen (secondary N) is 3. The lowest BCUT2D eigenvalue weighted by Crippen LogP contribution is -2.51. The molecule has 3 amide bonds. The highest BCUT2D eigenvalue weighted by Crippen LogP contribution is 2.47. The first kappa shape index (κ1) is 34.0. The number of rotatable bonds is 19. The van der Waals surface area contributed by atoms with Gasteiger partial charge in [-0.1, -0.05) is 60.7 Å². The molecule has 2 aromatic carbocycles. The second-order valence-electron chi connectivity index (χ2n) is 9.29. The van der Waals surface area contributed by atoms with Crippen molar-refractivity contribution < 1.29 is 37.8 Å². The number of carbonyl (C=O) groups excluding carboxylic acids is 3. The van der Waals surface area contributed by atoms with Gasteiger partial charge in [-0.05, 0) is 50.7 Å². The number of hydrogen-bond acceptors (Lipinski definition) is 8. The quantitative estimate of drug-likeness (QED) is 0.143. The zero-order chi connectivity index (χ0) is 29.9. The van der Waals surface area contributed by atoms with Gasteiger partial charge >= 0.3 is 13.7 Å².